The molecule has 1 aliphatic carbocycles. The largest absolute Gasteiger partial charge is 0.389 e. The minimum Gasteiger partial charge on any atom is -0.389 e. The molecule has 0 spiro atoms. The van der Waals surface area contributed by atoms with E-state index in [1.807, 2.05) is 0 Å². The zero-order valence-electron chi connectivity index (χ0n) is 11.5. The lowest BCUT2D eigenvalue weighted by Gasteiger charge is -2.47. The molecule has 0 aromatic carbocycles. The Labute approximate surface area is 106 Å². The summed E-state index contributed by atoms with van der Waals surface area (Å²) in [6.45, 7) is 5.19. The number of hydrogen-bond donors (Lipinski definition) is 1. The predicted octanol–water partition coefficient (Wildman–Crippen LogP) is 3.52. The third kappa shape index (κ3) is 2.85. The Bertz CT molecular complexity index is 241. The van der Waals surface area contributed by atoms with E-state index in [-0.39, 0.29) is 6.10 Å². The van der Waals surface area contributed by atoms with Crippen LogP contribution < -0.4 is 0 Å². The van der Waals surface area contributed by atoms with Crippen LogP contribution in [0.1, 0.15) is 65.2 Å². The van der Waals surface area contributed by atoms with Crippen molar-refractivity contribution in [3.05, 3.63) is 0 Å². The van der Waals surface area contributed by atoms with Crippen LogP contribution in [-0.4, -0.2) is 23.4 Å². The summed E-state index contributed by atoms with van der Waals surface area (Å²) < 4.78 is 5.72. The first-order chi connectivity index (χ1) is 8.19. The van der Waals surface area contributed by atoms with Crippen LogP contribution in [0.15, 0.2) is 0 Å². The van der Waals surface area contributed by atoms with Gasteiger partial charge in [-0.05, 0) is 31.1 Å². The molecule has 100 valence electrons. The van der Waals surface area contributed by atoms with Gasteiger partial charge in [0.25, 0.3) is 0 Å². The fourth-order valence-electron chi connectivity index (χ4n) is 3.96. The van der Waals surface area contributed by atoms with Crippen LogP contribution in [0, 0.1) is 11.8 Å². The SMILES string of the molecule is CCC1CC(O)(C2CCCCC2CC)CCO1. The van der Waals surface area contributed by atoms with Crippen LogP contribution in [-0.2, 0) is 4.74 Å². The third-order valence-electron chi connectivity index (χ3n) is 5.05. The molecule has 1 saturated carbocycles. The van der Waals surface area contributed by atoms with Gasteiger partial charge in [-0.25, -0.2) is 0 Å². The van der Waals surface area contributed by atoms with E-state index in [0.29, 0.717) is 5.92 Å². The Morgan fingerprint density at radius 3 is 2.65 bits per heavy atom. The van der Waals surface area contributed by atoms with Gasteiger partial charge in [0.05, 0.1) is 11.7 Å². The Morgan fingerprint density at radius 1 is 1.18 bits per heavy atom. The molecule has 2 aliphatic rings. The van der Waals surface area contributed by atoms with E-state index < -0.39 is 5.60 Å². The van der Waals surface area contributed by atoms with Gasteiger partial charge in [0.1, 0.15) is 0 Å². The predicted molar refractivity (Wildman–Crippen MR) is 70.0 cm³/mol. The van der Waals surface area contributed by atoms with Crippen LogP contribution >= 0.6 is 0 Å². The van der Waals surface area contributed by atoms with E-state index in [0.717, 1.165) is 31.8 Å². The second-order valence-electron chi connectivity index (χ2n) is 6.02. The maximum absolute atomic E-state index is 11.0. The fourth-order valence-corrected chi connectivity index (χ4v) is 3.96. The molecule has 0 amide bonds. The van der Waals surface area contributed by atoms with E-state index in [1.165, 1.54) is 32.1 Å². The summed E-state index contributed by atoms with van der Waals surface area (Å²) in [6.07, 6.45) is 9.48. The van der Waals surface area contributed by atoms with Gasteiger partial charge in [-0.2, -0.15) is 0 Å². The average molecular weight is 240 g/mol. The molecule has 17 heavy (non-hydrogen) atoms. The maximum atomic E-state index is 11.0. The van der Waals surface area contributed by atoms with Crippen molar-refractivity contribution in [3.63, 3.8) is 0 Å². The monoisotopic (exact) mass is 240 g/mol. The quantitative estimate of drug-likeness (QED) is 0.818. The van der Waals surface area contributed by atoms with Gasteiger partial charge in [0, 0.05) is 13.0 Å². The molecule has 2 rings (SSSR count). The highest BCUT2D eigenvalue weighted by molar-refractivity contribution is 4.95. The lowest BCUT2D eigenvalue weighted by Crippen LogP contribution is -2.49. The first-order valence-corrected chi connectivity index (χ1v) is 7.53. The van der Waals surface area contributed by atoms with Gasteiger partial charge in [-0.1, -0.05) is 39.5 Å². The molecular weight excluding hydrogens is 212 g/mol. The highest BCUT2D eigenvalue weighted by atomic mass is 16.5. The van der Waals surface area contributed by atoms with Crippen LogP contribution in [0.5, 0.6) is 0 Å². The number of ether oxygens (including phenoxy) is 1. The Kier molecular flexibility index (Phi) is 4.48. The van der Waals surface area contributed by atoms with Crippen molar-refractivity contribution in [2.75, 3.05) is 6.61 Å². The first-order valence-electron chi connectivity index (χ1n) is 7.53. The number of rotatable bonds is 3. The Balaban J connectivity index is 2.06. The van der Waals surface area contributed by atoms with Crippen LogP contribution in [0.25, 0.3) is 0 Å². The van der Waals surface area contributed by atoms with E-state index in [4.69, 9.17) is 4.74 Å². The standard InChI is InChI=1S/C15H28O2/c1-3-12-7-5-6-8-14(12)15(16)9-10-17-13(4-2)11-15/h12-14,16H,3-11H2,1-2H3. The van der Waals surface area contributed by atoms with Gasteiger partial charge in [-0.15, -0.1) is 0 Å². The minimum absolute atomic E-state index is 0.285. The second-order valence-corrected chi connectivity index (χ2v) is 6.02. The maximum Gasteiger partial charge on any atom is 0.0725 e. The molecular formula is C15H28O2. The number of hydrogen-bond acceptors (Lipinski definition) is 2. The van der Waals surface area contributed by atoms with Crippen molar-refractivity contribution in [2.24, 2.45) is 11.8 Å². The molecule has 4 unspecified atom stereocenters. The van der Waals surface area contributed by atoms with E-state index in [1.54, 1.807) is 0 Å². The summed E-state index contributed by atoms with van der Waals surface area (Å²) >= 11 is 0. The molecule has 0 radical (unpaired) electrons. The zero-order chi connectivity index (χ0) is 12.3. The van der Waals surface area contributed by atoms with Crippen molar-refractivity contribution < 1.29 is 9.84 Å². The van der Waals surface area contributed by atoms with Crippen molar-refractivity contribution in [3.8, 4) is 0 Å². The fraction of sp³-hybridized carbons (Fsp3) is 1.00. The Morgan fingerprint density at radius 2 is 1.94 bits per heavy atom. The summed E-state index contributed by atoms with van der Waals surface area (Å²) in [5.41, 5.74) is -0.431. The molecule has 1 aliphatic heterocycles. The molecule has 0 bridgehead atoms. The summed E-state index contributed by atoms with van der Waals surface area (Å²) in [7, 11) is 0. The number of aliphatic hydroxyl groups is 1. The minimum atomic E-state index is -0.431. The van der Waals surface area contributed by atoms with Crippen molar-refractivity contribution in [1.29, 1.82) is 0 Å². The molecule has 4 atom stereocenters. The van der Waals surface area contributed by atoms with Gasteiger partial charge in [0.2, 0.25) is 0 Å². The highest BCUT2D eigenvalue weighted by Gasteiger charge is 2.44. The Hall–Kier alpha value is -0.0800. The van der Waals surface area contributed by atoms with Gasteiger partial charge in [-0.3, -0.25) is 0 Å². The molecule has 1 N–H and O–H groups in total. The highest BCUT2D eigenvalue weighted by Crippen LogP contribution is 2.44. The van der Waals surface area contributed by atoms with Crippen molar-refractivity contribution in [1.82, 2.24) is 0 Å². The van der Waals surface area contributed by atoms with Gasteiger partial charge in [0.15, 0.2) is 0 Å². The van der Waals surface area contributed by atoms with Crippen molar-refractivity contribution in [2.45, 2.75) is 76.9 Å². The van der Waals surface area contributed by atoms with Crippen LogP contribution in [0.4, 0.5) is 0 Å². The van der Waals surface area contributed by atoms with Crippen molar-refractivity contribution >= 4 is 0 Å². The van der Waals surface area contributed by atoms with E-state index in [9.17, 15) is 5.11 Å². The smallest absolute Gasteiger partial charge is 0.0725 e. The van der Waals surface area contributed by atoms with Gasteiger partial charge >= 0.3 is 0 Å². The van der Waals surface area contributed by atoms with Crippen LogP contribution in [0.2, 0.25) is 0 Å². The summed E-state index contributed by atoms with van der Waals surface area (Å²) in [5.74, 6) is 1.27. The molecule has 1 heterocycles. The third-order valence-corrected chi connectivity index (χ3v) is 5.05. The average Bonchev–Trinajstić information content (AvgIpc) is 2.38. The second kappa shape index (κ2) is 5.71. The lowest BCUT2D eigenvalue weighted by molar-refractivity contribution is -0.149. The lowest BCUT2D eigenvalue weighted by atomic mass is 9.65. The molecule has 0 aromatic rings. The van der Waals surface area contributed by atoms with E-state index >= 15 is 0 Å². The molecule has 2 nitrogen and oxygen atoms in total. The first kappa shape index (κ1) is 13.4. The summed E-state index contributed by atoms with van der Waals surface area (Å²) in [5, 5.41) is 11.0. The summed E-state index contributed by atoms with van der Waals surface area (Å²) in [6, 6.07) is 0. The van der Waals surface area contributed by atoms with Crippen LogP contribution in [0.3, 0.4) is 0 Å². The van der Waals surface area contributed by atoms with Gasteiger partial charge < -0.3 is 9.84 Å². The molecule has 2 heteroatoms. The zero-order valence-corrected chi connectivity index (χ0v) is 11.5. The molecule has 0 aromatic heterocycles. The molecule has 1 saturated heterocycles. The van der Waals surface area contributed by atoms with E-state index in [2.05, 4.69) is 13.8 Å². The topological polar surface area (TPSA) is 29.5 Å². The summed E-state index contributed by atoms with van der Waals surface area (Å²) in [4.78, 5) is 0. The molecule has 2 fully saturated rings. The normalized spacial score (nSPS) is 43.6.